The van der Waals surface area contributed by atoms with Crippen LogP contribution in [0, 0.1) is 17.3 Å². The predicted octanol–water partition coefficient (Wildman–Crippen LogP) is 6.37. The lowest BCUT2D eigenvalue weighted by Crippen LogP contribution is -2.59. The molecule has 6 atom stereocenters. The van der Waals surface area contributed by atoms with Gasteiger partial charge in [0.2, 0.25) is 11.8 Å². The summed E-state index contributed by atoms with van der Waals surface area (Å²) in [6, 6.07) is 5.47. The molecule has 376 valence electrons. The monoisotopic (exact) mass is 966 g/mol. The first-order valence-corrected chi connectivity index (χ1v) is 25.0. The summed E-state index contributed by atoms with van der Waals surface area (Å²) in [6.07, 6.45) is 7.11. The number of amides is 3. The molecule has 1 fully saturated rings. The lowest BCUT2D eigenvalue weighted by molar-refractivity contribution is -0.150. The standard InChI is InChI=1S/C49H75N9O9S/c1-10-32(4)43(53-45(63)39-17-12-13-23-56(39)9)47(64)58(25-14-11-16-36-29-57(55-54-36)24-15-18-42(60)61)40(31(2)3)27-41(67-33(5)59)46-52-38(30-68-46)44(62)51-37(28-49(6,7)48(65)66)26-34-19-21-35(50-8)22-20-34/h19-22,29-32,37,39-41,43,50H,10-18,23-28H2,1-9H3,(H,51,62)(H,53,63)(H,60,61)(H,65,66)/t32-,37-,39+,40+,41+,43-/m0/s1. The molecule has 68 heavy (non-hydrogen) atoms. The van der Waals surface area contributed by atoms with Gasteiger partial charge in [0.05, 0.1) is 17.2 Å². The third-order valence-corrected chi connectivity index (χ3v) is 13.9. The molecule has 1 aliphatic heterocycles. The fourth-order valence-corrected chi connectivity index (χ4v) is 9.49. The van der Waals surface area contributed by atoms with E-state index in [9.17, 15) is 29.1 Å². The number of anilines is 1. The second kappa shape index (κ2) is 26.4. The molecule has 18 nitrogen and oxygen atoms in total. The number of hydrogen-bond donors (Lipinski definition) is 5. The van der Waals surface area contributed by atoms with E-state index in [-0.39, 0.29) is 54.6 Å². The first kappa shape index (κ1) is 55.2. The molecule has 3 aromatic rings. The summed E-state index contributed by atoms with van der Waals surface area (Å²) in [4.78, 5) is 87.6. The van der Waals surface area contributed by atoms with E-state index in [1.54, 1.807) is 23.9 Å². The molecule has 19 heteroatoms. The van der Waals surface area contributed by atoms with E-state index in [0.29, 0.717) is 63.0 Å². The smallest absolute Gasteiger partial charge is 0.309 e. The van der Waals surface area contributed by atoms with Crippen LogP contribution in [0.4, 0.5) is 5.69 Å². The van der Waals surface area contributed by atoms with Crippen molar-refractivity contribution in [3.05, 3.63) is 57.8 Å². The van der Waals surface area contributed by atoms with E-state index in [0.717, 1.165) is 47.7 Å². The van der Waals surface area contributed by atoms with Gasteiger partial charge in [-0.2, -0.15) is 0 Å². The van der Waals surface area contributed by atoms with Crippen molar-refractivity contribution in [1.29, 1.82) is 0 Å². The van der Waals surface area contributed by atoms with Crippen LogP contribution < -0.4 is 16.0 Å². The largest absolute Gasteiger partial charge is 0.481 e. The Balaban J connectivity index is 1.62. The number of aryl methyl sites for hydroxylation is 2. The number of hydrogen-bond acceptors (Lipinski definition) is 13. The van der Waals surface area contributed by atoms with Crippen molar-refractivity contribution in [3.63, 3.8) is 0 Å². The van der Waals surface area contributed by atoms with Gasteiger partial charge in [-0.15, -0.1) is 16.4 Å². The zero-order chi connectivity index (χ0) is 50.1. The summed E-state index contributed by atoms with van der Waals surface area (Å²) in [6.45, 7) is 14.1. The number of thiazole rings is 1. The summed E-state index contributed by atoms with van der Waals surface area (Å²) in [5.41, 5.74) is 1.53. The van der Waals surface area contributed by atoms with Crippen molar-refractivity contribution in [3.8, 4) is 0 Å². The molecule has 3 heterocycles. The van der Waals surface area contributed by atoms with Gasteiger partial charge in [0.1, 0.15) is 16.7 Å². The van der Waals surface area contributed by atoms with Crippen LogP contribution in [0.2, 0.25) is 0 Å². The first-order chi connectivity index (χ1) is 32.2. The van der Waals surface area contributed by atoms with E-state index in [4.69, 9.17) is 14.8 Å². The molecule has 1 aromatic carbocycles. The maximum absolute atomic E-state index is 15.2. The number of ether oxygens (including phenoxy) is 1. The average molecular weight is 966 g/mol. The molecule has 0 radical (unpaired) electrons. The molecule has 1 saturated heterocycles. The number of carbonyl (C=O) groups excluding carboxylic acids is 4. The van der Waals surface area contributed by atoms with Gasteiger partial charge in [-0.25, -0.2) is 4.98 Å². The Labute approximate surface area is 405 Å². The Morgan fingerprint density at radius 3 is 2.35 bits per heavy atom. The Morgan fingerprint density at radius 2 is 1.74 bits per heavy atom. The minimum atomic E-state index is -1.14. The van der Waals surface area contributed by atoms with Crippen molar-refractivity contribution in [2.24, 2.45) is 17.3 Å². The zero-order valence-electron chi connectivity index (χ0n) is 41.5. The molecule has 0 spiro atoms. The summed E-state index contributed by atoms with van der Waals surface area (Å²) in [5.74, 6) is -3.67. The topological polar surface area (TPSA) is 238 Å². The fourth-order valence-electron chi connectivity index (χ4n) is 8.65. The number of aliphatic carboxylic acids is 2. The molecular formula is C49H75N9O9S. The summed E-state index contributed by atoms with van der Waals surface area (Å²) >= 11 is 1.16. The normalized spacial score (nSPS) is 16.5. The van der Waals surface area contributed by atoms with Gasteiger partial charge in [0.15, 0.2) is 6.10 Å². The molecular weight excluding hydrogens is 891 g/mol. The van der Waals surface area contributed by atoms with Crippen molar-refractivity contribution in [2.75, 3.05) is 32.5 Å². The number of carbonyl (C=O) groups is 6. The maximum atomic E-state index is 15.2. The van der Waals surface area contributed by atoms with Gasteiger partial charge in [-0.05, 0) is 108 Å². The van der Waals surface area contributed by atoms with E-state index < -0.39 is 53.5 Å². The number of piperidine rings is 1. The van der Waals surface area contributed by atoms with E-state index in [1.807, 2.05) is 82.1 Å². The lowest BCUT2D eigenvalue weighted by Gasteiger charge is -2.40. The summed E-state index contributed by atoms with van der Waals surface area (Å²) < 4.78 is 7.60. The fraction of sp³-hybridized carbons (Fsp3) is 0.653. The number of likely N-dealkylation sites (tertiary alicyclic amines) is 1. The molecule has 0 bridgehead atoms. The molecule has 2 aromatic heterocycles. The van der Waals surface area contributed by atoms with Crippen LogP contribution in [0.1, 0.15) is 146 Å². The number of aromatic nitrogens is 4. The highest BCUT2D eigenvalue weighted by molar-refractivity contribution is 7.09. The quantitative estimate of drug-likeness (QED) is 0.0393. The average Bonchev–Trinajstić information content (AvgIpc) is 3.97. The number of nitrogens with zero attached hydrogens (tertiary/aromatic N) is 6. The number of carboxylic acids is 2. The van der Waals surface area contributed by atoms with Gasteiger partial charge in [-0.3, -0.25) is 38.3 Å². The molecule has 0 aliphatic carbocycles. The van der Waals surface area contributed by atoms with Gasteiger partial charge >= 0.3 is 17.9 Å². The van der Waals surface area contributed by atoms with E-state index >= 15 is 4.79 Å². The van der Waals surface area contributed by atoms with Gasteiger partial charge in [-0.1, -0.05) is 57.9 Å². The second-order valence-electron chi connectivity index (χ2n) is 19.3. The molecule has 3 amide bonds. The van der Waals surface area contributed by atoms with Gasteiger partial charge in [0, 0.05) is 69.3 Å². The first-order valence-electron chi connectivity index (χ1n) is 24.1. The van der Waals surface area contributed by atoms with Crippen molar-refractivity contribution >= 4 is 52.7 Å². The SMILES string of the molecule is CC[C@H](C)[C@H](NC(=O)[C@H]1CCCCN1C)C(=O)N(CCCCc1cn(CCCC(=O)O)nn1)[C@H](C[C@@H](OC(C)=O)c1nc(C(=O)N[C@@H](Cc2ccc(NC)cc2)CC(C)(C)C(=O)O)cs1)C(C)C. The maximum Gasteiger partial charge on any atom is 0.309 e. The van der Waals surface area contributed by atoms with Crippen LogP contribution in [-0.4, -0.2) is 127 Å². The number of carboxylic acid groups (broad SMARTS) is 2. The minimum absolute atomic E-state index is 0.0334. The number of nitrogens with one attached hydrogen (secondary N) is 3. The molecule has 0 unspecified atom stereocenters. The lowest BCUT2D eigenvalue weighted by atomic mass is 9.84. The van der Waals surface area contributed by atoms with Crippen LogP contribution in [0.5, 0.6) is 0 Å². The van der Waals surface area contributed by atoms with Gasteiger partial charge in [0.25, 0.3) is 5.91 Å². The van der Waals surface area contributed by atoms with Crippen molar-refractivity contribution < 1.29 is 43.7 Å². The third kappa shape index (κ3) is 16.7. The summed E-state index contributed by atoms with van der Waals surface area (Å²) in [7, 11) is 3.75. The summed E-state index contributed by atoms with van der Waals surface area (Å²) in [5, 5.41) is 38.7. The predicted molar refractivity (Wildman–Crippen MR) is 260 cm³/mol. The van der Waals surface area contributed by atoms with E-state index in [2.05, 4.69) is 26.3 Å². The van der Waals surface area contributed by atoms with E-state index in [1.165, 1.54) is 6.92 Å². The highest BCUT2D eigenvalue weighted by Crippen LogP contribution is 2.33. The highest BCUT2D eigenvalue weighted by atomic mass is 32.1. The zero-order valence-corrected chi connectivity index (χ0v) is 42.3. The Morgan fingerprint density at radius 1 is 1.01 bits per heavy atom. The van der Waals surface area contributed by atoms with Crippen LogP contribution >= 0.6 is 11.3 Å². The molecule has 1 aliphatic rings. The number of rotatable bonds is 28. The van der Waals surface area contributed by atoms with Crippen LogP contribution in [0.15, 0.2) is 35.8 Å². The minimum Gasteiger partial charge on any atom is -0.481 e. The molecule has 0 saturated carbocycles. The number of benzene rings is 1. The molecule has 5 N–H and O–H groups in total. The third-order valence-electron chi connectivity index (χ3n) is 12.9. The van der Waals surface area contributed by atoms with Crippen LogP contribution in [-0.2, 0) is 48.1 Å². The number of unbranched alkanes of at least 4 members (excludes halogenated alkanes) is 1. The highest BCUT2D eigenvalue weighted by Gasteiger charge is 2.39. The number of likely N-dealkylation sites (N-methyl/N-ethyl adjacent to an activating group) is 1. The number of esters is 1. The van der Waals surface area contributed by atoms with Crippen LogP contribution in [0.3, 0.4) is 0 Å². The second-order valence-corrected chi connectivity index (χ2v) is 20.1. The Kier molecular flexibility index (Phi) is 21.4. The Bertz CT molecular complexity index is 2120. The van der Waals surface area contributed by atoms with Crippen LogP contribution in [0.25, 0.3) is 0 Å². The Hall–Kier alpha value is -5.43. The van der Waals surface area contributed by atoms with Gasteiger partial charge < -0.3 is 35.8 Å². The van der Waals surface area contributed by atoms with Crippen molar-refractivity contribution in [1.82, 2.24) is 40.4 Å². The van der Waals surface area contributed by atoms with Crippen molar-refractivity contribution in [2.45, 2.75) is 162 Å². The molecule has 4 rings (SSSR count).